The molecule has 0 atom stereocenters. The second-order valence-corrected chi connectivity index (χ2v) is 6.07. The lowest BCUT2D eigenvalue weighted by atomic mass is 9.84. The smallest absolute Gasteiger partial charge is 0.237 e. The van der Waals surface area contributed by atoms with Gasteiger partial charge in [-0.25, -0.2) is 0 Å². The molecule has 1 aliphatic rings. The van der Waals surface area contributed by atoms with Crippen LogP contribution in [-0.2, 0) is 16.6 Å². The van der Waals surface area contributed by atoms with Crippen LogP contribution in [0.5, 0.6) is 5.75 Å². The number of carbonyl (C=O) groups excluding carboxylic acids is 1. The summed E-state index contributed by atoms with van der Waals surface area (Å²) in [4.78, 5) is 19.1. The van der Waals surface area contributed by atoms with Gasteiger partial charge in [0, 0.05) is 24.6 Å². The summed E-state index contributed by atoms with van der Waals surface area (Å²) in [5.74, 6) is 0.934. The van der Waals surface area contributed by atoms with Crippen LogP contribution in [0.2, 0.25) is 0 Å². The zero-order valence-electron chi connectivity index (χ0n) is 13.2. The van der Waals surface area contributed by atoms with Crippen LogP contribution in [0.4, 0.5) is 5.69 Å². The Bertz CT molecular complexity index is 695. The molecule has 0 saturated heterocycles. The van der Waals surface area contributed by atoms with E-state index in [4.69, 9.17) is 4.74 Å². The summed E-state index contributed by atoms with van der Waals surface area (Å²) < 4.78 is 5.26. The van der Waals surface area contributed by atoms with Crippen LogP contribution in [0.25, 0.3) is 0 Å². The number of fused-ring (bicyclic) bond motifs is 1. The van der Waals surface area contributed by atoms with Crippen LogP contribution in [0.1, 0.15) is 25.0 Å². The molecule has 0 unspecified atom stereocenters. The van der Waals surface area contributed by atoms with Crippen molar-refractivity contribution in [2.24, 2.45) is 0 Å². The first-order valence-corrected chi connectivity index (χ1v) is 7.43. The summed E-state index contributed by atoms with van der Waals surface area (Å²) in [6.45, 7) is 4.62. The molecule has 114 valence electrons. The second kappa shape index (κ2) is 5.44. The van der Waals surface area contributed by atoms with Crippen LogP contribution in [0.3, 0.4) is 0 Å². The highest BCUT2D eigenvalue weighted by Gasteiger charge is 2.37. The average molecular weight is 296 g/mol. The Kier molecular flexibility index (Phi) is 3.61. The van der Waals surface area contributed by atoms with Gasteiger partial charge in [-0.15, -0.1) is 0 Å². The standard InChI is InChI=1S/C18H20N2O2/c1-18(2,14-5-4-9-19-12-14)17(21)20-10-8-13-11-15(22-3)6-7-16(13)20/h4-7,9,11-12H,8,10H2,1-3H3. The number of methoxy groups -OCH3 is 1. The van der Waals surface area contributed by atoms with Gasteiger partial charge in [-0.05, 0) is 55.7 Å². The number of hydrogen-bond donors (Lipinski definition) is 0. The minimum Gasteiger partial charge on any atom is -0.497 e. The highest BCUT2D eigenvalue weighted by atomic mass is 16.5. The fraction of sp³-hybridized carbons (Fsp3) is 0.333. The number of nitrogens with zero attached hydrogens (tertiary/aromatic N) is 2. The average Bonchev–Trinajstić information content (AvgIpc) is 2.97. The van der Waals surface area contributed by atoms with Gasteiger partial charge < -0.3 is 9.64 Å². The SMILES string of the molecule is COc1ccc2c(c1)CCN2C(=O)C(C)(C)c1cccnc1. The second-order valence-electron chi connectivity index (χ2n) is 6.07. The van der Waals surface area contributed by atoms with E-state index < -0.39 is 5.41 Å². The van der Waals surface area contributed by atoms with E-state index in [1.807, 2.05) is 49.1 Å². The first-order chi connectivity index (χ1) is 10.5. The Hall–Kier alpha value is -2.36. The third-order valence-corrected chi connectivity index (χ3v) is 4.35. The lowest BCUT2D eigenvalue weighted by molar-refractivity contribution is -0.122. The van der Waals surface area contributed by atoms with Gasteiger partial charge in [0.1, 0.15) is 5.75 Å². The van der Waals surface area contributed by atoms with E-state index in [2.05, 4.69) is 4.98 Å². The van der Waals surface area contributed by atoms with Gasteiger partial charge >= 0.3 is 0 Å². The van der Waals surface area contributed by atoms with Crippen LogP contribution in [0, 0.1) is 0 Å². The zero-order valence-corrected chi connectivity index (χ0v) is 13.2. The molecule has 1 aliphatic heterocycles. The van der Waals surface area contributed by atoms with Crippen molar-refractivity contribution in [1.82, 2.24) is 4.98 Å². The van der Waals surface area contributed by atoms with Crippen LogP contribution < -0.4 is 9.64 Å². The van der Waals surface area contributed by atoms with E-state index in [1.54, 1.807) is 19.5 Å². The van der Waals surface area contributed by atoms with E-state index in [1.165, 1.54) is 0 Å². The van der Waals surface area contributed by atoms with E-state index in [0.717, 1.165) is 29.0 Å². The number of aromatic nitrogens is 1. The fourth-order valence-corrected chi connectivity index (χ4v) is 2.91. The number of pyridine rings is 1. The predicted octanol–water partition coefficient (Wildman–Crippen LogP) is 2.96. The van der Waals surface area contributed by atoms with Crippen molar-refractivity contribution in [3.05, 3.63) is 53.9 Å². The van der Waals surface area contributed by atoms with Gasteiger partial charge in [0.2, 0.25) is 5.91 Å². The Morgan fingerprint density at radius 2 is 2.14 bits per heavy atom. The van der Waals surface area contributed by atoms with Gasteiger partial charge in [-0.1, -0.05) is 6.07 Å². The molecule has 0 spiro atoms. The van der Waals surface area contributed by atoms with Crippen molar-refractivity contribution in [2.75, 3.05) is 18.6 Å². The number of carbonyl (C=O) groups is 1. The largest absolute Gasteiger partial charge is 0.497 e. The summed E-state index contributed by atoms with van der Waals surface area (Å²) in [7, 11) is 1.66. The number of amides is 1. The van der Waals surface area contributed by atoms with Crippen molar-refractivity contribution in [2.45, 2.75) is 25.7 Å². The lowest BCUT2D eigenvalue weighted by Gasteiger charge is -2.29. The van der Waals surface area contributed by atoms with Gasteiger partial charge in [0.05, 0.1) is 12.5 Å². The lowest BCUT2D eigenvalue weighted by Crippen LogP contribution is -2.42. The Labute approximate surface area is 130 Å². The number of rotatable bonds is 3. The molecule has 22 heavy (non-hydrogen) atoms. The Morgan fingerprint density at radius 1 is 1.32 bits per heavy atom. The van der Waals surface area contributed by atoms with E-state index in [-0.39, 0.29) is 5.91 Å². The third-order valence-electron chi connectivity index (χ3n) is 4.35. The molecule has 0 aliphatic carbocycles. The summed E-state index contributed by atoms with van der Waals surface area (Å²) in [6.07, 6.45) is 4.35. The van der Waals surface area contributed by atoms with Gasteiger partial charge in [0.25, 0.3) is 0 Å². The van der Waals surface area contributed by atoms with E-state index >= 15 is 0 Å². The molecule has 0 radical (unpaired) electrons. The zero-order chi connectivity index (χ0) is 15.7. The van der Waals surface area contributed by atoms with E-state index in [9.17, 15) is 4.79 Å². The van der Waals surface area contributed by atoms with Gasteiger partial charge in [0.15, 0.2) is 0 Å². The normalized spacial score (nSPS) is 13.9. The molecule has 3 rings (SSSR count). The monoisotopic (exact) mass is 296 g/mol. The summed E-state index contributed by atoms with van der Waals surface area (Å²) >= 11 is 0. The van der Waals surface area contributed by atoms with Crippen molar-refractivity contribution in [3.8, 4) is 5.75 Å². The number of anilines is 1. The maximum absolute atomic E-state index is 13.1. The topological polar surface area (TPSA) is 42.4 Å². The molecular formula is C18H20N2O2. The van der Waals surface area contributed by atoms with Gasteiger partial charge in [-0.2, -0.15) is 0 Å². The van der Waals surface area contributed by atoms with Crippen LogP contribution in [-0.4, -0.2) is 24.5 Å². The highest BCUT2D eigenvalue weighted by Crippen LogP contribution is 2.35. The Balaban J connectivity index is 1.92. The minimum atomic E-state index is -0.601. The number of ether oxygens (including phenoxy) is 1. The summed E-state index contributed by atoms with van der Waals surface area (Å²) in [5, 5.41) is 0. The molecule has 0 bridgehead atoms. The molecule has 1 aromatic heterocycles. The van der Waals surface area contributed by atoms with Gasteiger partial charge in [-0.3, -0.25) is 9.78 Å². The third kappa shape index (κ3) is 2.34. The molecule has 4 heteroatoms. The molecule has 1 amide bonds. The molecule has 0 N–H and O–H groups in total. The highest BCUT2D eigenvalue weighted by molar-refractivity contribution is 6.02. The van der Waals surface area contributed by atoms with Crippen molar-refractivity contribution >= 4 is 11.6 Å². The summed E-state index contributed by atoms with van der Waals surface area (Å²) in [6, 6.07) is 9.71. The molecule has 1 aromatic carbocycles. The summed E-state index contributed by atoms with van der Waals surface area (Å²) in [5.41, 5.74) is 2.48. The number of benzene rings is 1. The maximum Gasteiger partial charge on any atom is 0.237 e. The van der Waals surface area contributed by atoms with Crippen molar-refractivity contribution < 1.29 is 9.53 Å². The molecule has 4 nitrogen and oxygen atoms in total. The quantitative estimate of drug-likeness (QED) is 0.874. The Morgan fingerprint density at radius 3 is 2.82 bits per heavy atom. The molecule has 2 heterocycles. The number of hydrogen-bond acceptors (Lipinski definition) is 3. The molecule has 2 aromatic rings. The van der Waals surface area contributed by atoms with Crippen molar-refractivity contribution in [1.29, 1.82) is 0 Å². The minimum absolute atomic E-state index is 0.101. The predicted molar refractivity (Wildman–Crippen MR) is 86.3 cm³/mol. The first-order valence-electron chi connectivity index (χ1n) is 7.43. The molecule has 0 fully saturated rings. The van der Waals surface area contributed by atoms with E-state index in [0.29, 0.717) is 6.54 Å². The fourth-order valence-electron chi connectivity index (χ4n) is 2.91. The molecule has 0 saturated carbocycles. The molecular weight excluding hydrogens is 276 g/mol. The van der Waals surface area contributed by atoms with Crippen LogP contribution >= 0.6 is 0 Å². The maximum atomic E-state index is 13.1. The first kappa shape index (κ1) is 14.6. The van der Waals surface area contributed by atoms with Crippen molar-refractivity contribution in [3.63, 3.8) is 0 Å². The van der Waals surface area contributed by atoms with Crippen LogP contribution in [0.15, 0.2) is 42.7 Å².